The van der Waals surface area contributed by atoms with Crippen molar-refractivity contribution in [1.29, 1.82) is 0 Å². The highest BCUT2D eigenvalue weighted by Crippen LogP contribution is 2.16. The third-order valence-electron chi connectivity index (χ3n) is 11.0. The van der Waals surface area contributed by atoms with Crippen LogP contribution in [0.5, 0.6) is 0 Å². The Hall–Kier alpha value is -2.96. The summed E-state index contributed by atoms with van der Waals surface area (Å²) in [6, 6.07) is -0.736. The van der Waals surface area contributed by atoms with Crippen LogP contribution in [0, 0.1) is 0 Å². The van der Waals surface area contributed by atoms with E-state index in [4.69, 9.17) is 4.74 Å². The van der Waals surface area contributed by atoms with Crippen LogP contribution in [0.15, 0.2) is 85.1 Å². The van der Waals surface area contributed by atoms with Crippen LogP contribution in [0.3, 0.4) is 0 Å². The zero-order chi connectivity index (χ0) is 44.5. The van der Waals surface area contributed by atoms with E-state index in [0.29, 0.717) is 19.3 Å². The Balaban J connectivity index is 4.75. The van der Waals surface area contributed by atoms with Crippen molar-refractivity contribution in [1.82, 2.24) is 5.32 Å². The van der Waals surface area contributed by atoms with Gasteiger partial charge in [-0.15, -0.1) is 0 Å². The van der Waals surface area contributed by atoms with Crippen LogP contribution in [0.1, 0.15) is 226 Å². The average Bonchev–Trinajstić information content (AvgIpc) is 3.25. The van der Waals surface area contributed by atoms with Gasteiger partial charge < -0.3 is 20.3 Å². The van der Waals surface area contributed by atoms with E-state index < -0.39 is 18.2 Å². The molecular formula is C55H95NO5. The smallest absolute Gasteiger partial charge is 0.306 e. The molecule has 0 aromatic rings. The van der Waals surface area contributed by atoms with E-state index in [0.717, 1.165) is 70.6 Å². The third-order valence-corrected chi connectivity index (χ3v) is 11.0. The van der Waals surface area contributed by atoms with Crippen molar-refractivity contribution in [3.05, 3.63) is 85.1 Å². The average molecular weight is 850 g/mol. The van der Waals surface area contributed by atoms with Gasteiger partial charge in [-0.05, 0) is 64.2 Å². The Morgan fingerprint density at radius 1 is 0.525 bits per heavy atom. The first-order valence-corrected chi connectivity index (χ1v) is 25.3. The Bertz CT molecular complexity index is 1180. The number of ether oxygens (including phenoxy) is 1. The van der Waals surface area contributed by atoms with Gasteiger partial charge in [0, 0.05) is 12.8 Å². The van der Waals surface area contributed by atoms with Crippen molar-refractivity contribution in [2.75, 3.05) is 6.61 Å². The standard InChI is InChI=1S/C55H95NO5/c1-4-7-10-13-16-19-22-25-27-29-31-34-37-40-43-46-51(61-55(60)48-45-42-39-36-33-30-28-26-23-20-17-14-11-8-5-2)49-54(59)56-52(50-57)53(58)47-44-41-38-35-32-24-21-18-15-12-9-6-3/h8,11,14,16-17,19-20,23,25,27,31,34,40,43,51-53,57-58H,4-7,9-10,12-13,15,18,21-22,24,26,28-30,32-33,35-39,41-42,44-50H2,1-3H3,(H,56,59)/b11-8+,17-14+,19-16-,23-20+,27-25-,34-31-,43-40-. The monoisotopic (exact) mass is 850 g/mol. The molecule has 0 spiro atoms. The molecule has 6 nitrogen and oxygen atoms in total. The Morgan fingerprint density at radius 2 is 0.984 bits per heavy atom. The van der Waals surface area contributed by atoms with Crippen LogP contribution in [0.25, 0.3) is 0 Å². The van der Waals surface area contributed by atoms with Crippen molar-refractivity contribution in [2.24, 2.45) is 0 Å². The van der Waals surface area contributed by atoms with Crippen molar-refractivity contribution >= 4 is 11.9 Å². The lowest BCUT2D eigenvalue weighted by Gasteiger charge is -2.24. The van der Waals surface area contributed by atoms with Crippen LogP contribution in [-0.4, -0.2) is 46.9 Å². The highest BCUT2D eigenvalue weighted by molar-refractivity contribution is 5.77. The maximum Gasteiger partial charge on any atom is 0.306 e. The summed E-state index contributed by atoms with van der Waals surface area (Å²) in [5.74, 6) is -0.594. The molecule has 0 aliphatic heterocycles. The Labute approximate surface area is 376 Å². The molecular weight excluding hydrogens is 755 g/mol. The largest absolute Gasteiger partial charge is 0.461 e. The maximum atomic E-state index is 13.2. The van der Waals surface area contributed by atoms with E-state index in [9.17, 15) is 19.8 Å². The van der Waals surface area contributed by atoms with E-state index in [-0.39, 0.29) is 24.9 Å². The highest BCUT2D eigenvalue weighted by Gasteiger charge is 2.23. The highest BCUT2D eigenvalue weighted by atomic mass is 16.5. The van der Waals surface area contributed by atoms with Gasteiger partial charge in [-0.1, -0.05) is 228 Å². The molecule has 1 amide bonds. The first-order chi connectivity index (χ1) is 30.0. The van der Waals surface area contributed by atoms with Gasteiger partial charge in [-0.25, -0.2) is 0 Å². The predicted octanol–water partition coefficient (Wildman–Crippen LogP) is 15.2. The number of allylic oxidation sites excluding steroid dienone is 13. The van der Waals surface area contributed by atoms with E-state index >= 15 is 0 Å². The molecule has 3 unspecified atom stereocenters. The molecule has 0 rings (SSSR count). The molecule has 0 heterocycles. The molecule has 3 N–H and O–H groups in total. The normalized spacial score (nSPS) is 14.0. The summed E-state index contributed by atoms with van der Waals surface area (Å²) < 4.78 is 5.86. The second-order valence-corrected chi connectivity index (χ2v) is 16.9. The summed E-state index contributed by atoms with van der Waals surface area (Å²) in [6.07, 6.45) is 62.2. The summed E-state index contributed by atoms with van der Waals surface area (Å²) in [6.45, 7) is 6.28. The number of amides is 1. The van der Waals surface area contributed by atoms with Gasteiger partial charge in [-0.2, -0.15) is 0 Å². The first-order valence-electron chi connectivity index (χ1n) is 25.3. The molecule has 0 aromatic carbocycles. The SMILES string of the molecule is CC/C=C/C=C/C=C/CCCCCCCCCC(=O)OC(C/C=C\C/C=C\C/C=C\C/C=C\CCCCC)CC(=O)NC(CO)C(O)CCCCCCCCCCCCCC. The molecule has 3 atom stereocenters. The molecule has 0 aliphatic rings. The molecule has 0 radical (unpaired) electrons. The zero-order valence-corrected chi connectivity index (χ0v) is 39.8. The second kappa shape index (κ2) is 48.1. The number of hydrogen-bond donors (Lipinski definition) is 3. The maximum absolute atomic E-state index is 13.2. The number of hydrogen-bond acceptors (Lipinski definition) is 5. The van der Waals surface area contributed by atoms with Gasteiger partial charge >= 0.3 is 5.97 Å². The van der Waals surface area contributed by atoms with Crippen molar-refractivity contribution in [3.8, 4) is 0 Å². The van der Waals surface area contributed by atoms with E-state index in [1.54, 1.807) is 0 Å². The van der Waals surface area contributed by atoms with E-state index in [2.05, 4.69) is 99.0 Å². The number of aliphatic hydroxyl groups excluding tert-OH is 2. The minimum absolute atomic E-state index is 0.00697. The van der Waals surface area contributed by atoms with Crippen molar-refractivity contribution in [2.45, 2.75) is 244 Å². The molecule has 0 aromatic heterocycles. The summed E-state index contributed by atoms with van der Waals surface area (Å²) in [4.78, 5) is 26.1. The van der Waals surface area contributed by atoms with Gasteiger partial charge in [0.2, 0.25) is 5.91 Å². The fourth-order valence-electron chi connectivity index (χ4n) is 7.17. The molecule has 350 valence electrons. The van der Waals surface area contributed by atoms with Gasteiger partial charge in [0.15, 0.2) is 0 Å². The number of nitrogens with one attached hydrogen (secondary N) is 1. The predicted molar refractivity (Wildman–Crippen MR) is 264 cm³/mol. The number of esters is 1. The summed E-state index contributed by atoms with van der Waals surface area (Å²) in [5, 5.41) is 23.7. The molecule has 0 saturated carbocycles. The minimum atomic E-state index is -0.816. The van der Waals surface area contributed by atoms with Crippen LogP contribution in [0.2, 0.25) is 0 Å². The third kappa shape index (κ3) is 43.5. The number of carbonyl (C=O) groups is 2. The topological polar surface area (TPSA) is 95.9 Å². The summed E-state index contributed by atoms with van der Waals surface area (Å²) in [7, 11) is 0. The Morgan fingerprint density at radius 3 is 1.56 bits per heavy atom. The van der Waals surface area contributed by atoms with Crippen LogP contribution in [-0.2, 0) is 14.3 Å². The fraction of sp³-hybridized carbons (Fsp3) is 0.709. The minimum Gasteiger partial charge on any atom is -0.461 e. The fourth-order valence-corrected chi connectivity index (χ4v) is 7.17. The van der Waals surface area contributed by atoms with Crippen molar-refractivity contribution < 1.29 is 24.5 Å². The van der Waals surface area contributed by atoms with Crippen LogP contribution < -0.4 is 5.32 Å². The van der Waals surface area contributed by atoms with E-state index in [1.165, 1.54) is 109 Å². The van der Waals surface area contributed by atoms with Gasteiger partial charge in [-0.3, -0.25) is 9.59 Å². The number of carbonyl (C=O) groups excluding carboxylic acids is 2. The lowest BCUT2D eigenvalue weighted by Crippen LogP contribution is -2.46. The van der Waals surface area contributed by atoms with Crippen LogP contribution >= 0.6 is 0 Å². The van der Waals surface area contributed by atoms with Gasteiger partial charge in [0.1, 0.15) is 6.10 Å². The zero-order valence-electron chi connectivity index (χ0n) is 39.8. The van der Waals surface area contributed by atoms with Gasteiger partial charge in [0.05, 0.1) is 25.2 Å². The lowest BCUT2D eigenvalue weighted by molar-refractivity contribution is -0.150. The lowest BCUT2D eigenvalue weighted by atomic mass is 10.0. The second-order valence-electron chi connectivity index (χ2n) is 16.9. The molecule has 0 aliphatic carbocycles. The quantitative estimate of drug-likeness (QED) is 0.0246. The van der Waals surface area contributed by atoms with Crippen LogP contribution in [0.4, 0.5) is 0 Å². The molecule has 61 heavy (non-hydrogen) atoms. The number of rotatable bonds is 44. The van der Waals surface area contributed by atoms with Gasteiger partial charge in [0.25, 0.3) is 0 Å². The number of unbranched alkanes of at least 4 members (excludes halogenated alkanes) is 21. The Kier molecular flexibility index (Phi) is 45.7. The molecule has 0 saturated heterocycles. The summed E-state index contributed by atoms with van der Waals surface area (Å²) in [5.41, 5.74) is 0. The molecule has 6 heteroatoms. The molecule has 0 fully saturated rings. The number of aliphatic hydroxyl groups is 2. The van der Waals surface area contributed by atoms with E-state index in [1.807, 2.05) is 12.2 Å². The molecule has 0 bridgehead atoms. The van der Waals surface area contributed by atoms with Crippen molar-refractivity contribution in [3.63, 3.8) is 0 Å². The first kappa shape index (κ1) is 58.0. The summed E-state index contributed by atoms with van der Waals surface area (Å²) >= 11 is 0.